The van der Waals surface area contributed by atoms with Gasteiger partial charge in [-0.05, 0) is 23.3 Å². The lowest BCUT2D eigenvalue weighted by molar-refractivity contribution is 0.569. The molecule has 0 saturated heterocycles. The number of rotatable bonds is 3. The third-order valence-corrected chi connectivity index (χ3v) is 5.39. The van der Waals surface area contributed by atoms with Crippen LogP contribution in [0.1, 0.15) is 6.42 Å². The molecule has 2 heteroatoms. The first-order valence-corrected chi connectivity index (χ1v) is 8.93. The Balaban J connectivity index is 1.94. The van der Waals surface area contributed by atoms with Gasteiger partial charge in [-0.15, -0.1) is 0 Å². The molecule has 0 spiro atoms. The van der Waals surface area contributed by atoms with Crippen molar-refractivity contribution >= 4 is 15.9 Å². The van der Waals surface area contributed by atoms with Crippen molar-refractivity contribution in [3.05, 3.63) is 97.2 Å². The Morgan fingerprint density at radius 3 is 2.08 bits per heavy atom. The van der Waals surface area contributed by atoms with E-state index in [4.69, 9.17) is 0 Å². The van der Waals surface area contributed by atoms with Crippen LogP contribution < -0.4 is 0 Å². The van der Waals surface area contributed by atoms with Crippen molar-refractivity contribution in [2.45, 2.75) is 10.9 Å². The van der Waals surface area contributed by atoms with Crippen LogP contribution in [0.2, 0.25) is 0 Å². The zero-order valence-corrected chi connectivity index (χ0v) is 14.9. The van der Waals surface area contributed by atoms with E-state index in [0.29, 0.717) is 0 Å². The molecule has 2 aromatic carbocycles. The van der Waals surface area contributed by atoms with Gasteiger partial charge >= 0.3 is 0 Å². The minimum atomic E-state index is -0.222. The maximum absolute atomic E-state index is 3.96. The summed E-state index contributed by atoms with van der Waals surface area (Å²) in [5.74, 6) is 0. The fraction of sp³-hybridized carbons (Fsp3) is 0.0909. The quantitative estimate of drug-likeness (QED) is 0.467. The highest BCUT2D eigenvalue weighted by atomic mass is 79.9. The second kappa shape index (κ2) is 6.29. The Kier molecular flexibility index (Phi) is 3.99. The van der Waals surface area contributed by atoms with Crippen LogP contribution in [0.15, 0.2) is 97.2 Å². The van der Waals surface area contributed by atoms with Crippen molar-refractivity contribution in [2.75, 3.05) is 0 Å². The van der Waals surface area contributed by atoms with Crippen LogP contribution in [0, 0.1) is 0 Å². The van der Waals surface area contributed by atoms with Crippen molar-refractivity contribution in [3.8, 4) is 22.4 Å². The van der Waals surface area contributed by atoms with E-state index in [1.165, 1.54) is 22.4 Å². The van der Waals surface area contributed by atoms with E-state index >= 15 is 0 Å². The van der Waals surface area contributed by atoms with Crippen LogP contribution in [0.4, 0.5) is 0 Å². The second-order valence-corrected chi connectivity index (χ2v) is 7.36. The predicted molar refractivity (Wildman–Crippen MR) is 105 cm³/mol. The van der Waals surface area contributed by atoms with Crippen LogP contribution in [0.5, 0.6) is 0 Å². The van der Waals surface area contributed by atoms with Crippen LogP contribution in [0.25, 0.3) is 22.4 Å². The second-order valence-electron chi connectivity index (χ2n) is 5.99. The topological polar surface area (TPSA) is 4.93 Å². The molecular weight excluding hydrogens is 358 g/mol. The van der Waals surface area contributed by atoms with Crippen LogP contribution in [-0.4, -0.2) is 4.57 Å². The van der Waals surface area contributed by atoms with Crippen LogP contribution in [-0.2, 0) is 4.45 Å². The van der Waals surface area contributed by atoms with E-state index < -0.39 is 0 Å². The number of allylic oxidation sites excluding steroid dienone is 4. The number of hydrogen-bond donors (Lipinski definition) is 0. The first kappa shape index (κ1) is 15.2. The number of nitrogens with zero attached hydrogens (tertiary/aromatic N) is 1. The van der Waals surface area contributed by atoms with Crippen molar-refractivity contribution in [3.63, 3.8) is 0 Å². The third-order valence-electron chi connectivity index (χ3n) is 4.42. The first-order valence-electron chi connectivity index (χ1n) is 8.14. The summed E-state index contributed by atoms with van der Waals surface area (Å²) in [7, 11) is 0. The number of alkyl halides is 1. The third kappa shape index (κ3) is 2.67. The van der Waals surface area contributed by atoms with Gasteiger partial charge in [-0.25, -0.2) is 0 Å². The smallest absolute Gasteiger partial charge is 0.122 e. The van der Waals surface area contributed by atoms with E-state index in [1.54, 1.807) is 0 Å². The fourth-order valence-electron chi connectivity index (χ4n) is 3.24. The predicted octanol–water partition coefficient (Wildman–Crippen LogP) is 6.39. The molecule has 4 rings (SSSR count). The van der Waals surface area contributed by atoms with Gasteiger partial charge < -0.3 is 4.57 Å². The molecule has 1 aromatic heterocycles. The molecule has 0 N–H and O–H groups in total. The summed E-state index contributed by atoms with van der Waals surface area (Å²) < 4.78 is 2.12. The highest BCUT2D eigenvalue weighted by molar-refractivity contribution is 9.09. The van der Waals surface area contributed by atoms with Gasteiger partial charge in [0.05, 0.1) is 5.69 Å². The molecule has 0 fully saturated rings. The normalized spacial score (nSPS) is 19.5. The summed E-state index contributed by atoms with van der Waals surface area (Å²) in [6.07, 6.45) is 11.7. The average Bonchev–Trinajstić information content (AvgIpc) is 3.10. The Morgan fingerprint density at radius 2 is 1.46 bits per heavy atom. The molecule has 1 aliphatic rings. The molecule has 1 heterocycles. The van der Waals surface area contributed by atoms with Gasteiger partial charge in [0.25, 0.3) is 0 Å². The van der Waals surface area contributed by atoms with E-state index in [9.17, 15) is 0 Å². The van der Waals surface area contributed by atoms with E-state index in [-0.39, 0.29) is 4.45 Å². The van der Waals surface area contributed by atoms with Crippen molar-refractivity contribution < 1.29 is 0 Å². The lowest BCUT2D eigenvalue weighted by Crippen LogP contribution is -2.24. The Hall–Kier alpha value is -2.32. The molecule has 0 saturated carbocycles. The first-order chi connectivity index (χ1) is 11.8. The summed E-state index contributed by atoms with van der Waals surface area (Å²) >= 11 is 3.96. The van der Waals surface area contributed by atoms with Gasteiger partial charge in [-0.3, -0.25) is 0 Å². The number of hydrogen-bond acceptors (Lipinski definition) is 0. The Labute approximate surface area is 151 Å². The van der Waals surface area contributed by atoms with E-state index in [2.05, 4.69) is 118 Å². The lowest BCUT2D eigenvalue weighted by Gasteiger charge is -2.29. The molecule has 1 nitrogen and oxygen atoms in total. The monoisotopic (exact) mass is 375 g/mol. The largest absolute Gasteiger partial charge is 0.327 e. The summed E-state index contributed by atoms with van der Waals surface area (Å²) in [5, 5.41) is 0. The molecular formula is C22H18BrN. The molecule has 1 unspecified atom stereocenters. The highest BCUT2D eigenvalue weighted by Gasteiger charge is 2.29. The van der Waals surface area contributed by atoms with Crippen molar-refractivity contribution in [1.82, 2.24) is 4.57 Å². The molecule has 118 valence electrons. The standard InChI is InChI=1S/C22H18BrN/c23-22(15-8-3-9-16-22)24-17-14-20(18-10-4-1-5-11-18)21(24)19-12-6-2-7-13-19/h1-15,17H,16H2. The molecule has 0 bridgehead atoms. The van der Waals surface area contributed by atoms with Gasteiger partial charge in [0.15, 0.2) is 0 Å². The molecule has 24 heavy (non-hydrogen) atoms. The number of benzene rings is 2. The average molecular weight is 376 g/mol. The minimum absolute atomic E-state index is 0.222. The Bertz CT molecular complexity index is 890. The van der Waals surface area contributed by atoms with Gasteiger partial charge in [0, 0.05) is 18.2 Å². The van der Waals surface area contributed by atoms with E-state index in [1.807, 2.05) is 0 Å². The molecule has 3 aromatic rings. The minimum Gasteiger partial charge on any atom is -0.327 e. The molecule has 0 amide bonds. The Morgan fingerprint density at radius 1 is 0.792 bits per heavy atom. The van der Waals surface area contributed by atoms with Crippen LogP contribution in [0.3, 0.4) is 0 Å². The van der Waals surface area contributed by atoms with Gasteiger partial charge in [0.1, 0.15) is 4.45 Å². The summed E-state index contributed by atoms with van der Waals surface area (Å²) in [6, 6.07) is 23.4. The van der Waals surface area contributed by atoms with Crippen LogP contribution >= 0.6 is 15.9 Å². The molecule has 0 aliphatic heterocycles. The zero-order chi connectivity index (χ0) is 16.4. The van der Waals surface area contributed by atoms with Gasteiger partial charge in [-0.2, -0.15) is 0 Å². The van der Waals surface area contributed by atoms with Crippen molar-refractivity contribution in [1.29, 1.82) is 0 Å². The van der Waals surface area contributed by atoms with Gasteiger partial charge in [0.2, 0.25) is 0 Å². The van der Waals surface area contributed by atoms with Gasteiger partial charge in [-0.1, -0.05) is 94.8 Å². The maximum atomic E-state index is 3.96. The summed E-state index contributed by atoms with van der Waals surface area (Å²) in [5.41, 5.74) is 4.95. The zero-order valence-electron chi connectivity index (χ0n) is 13.3. The van der Waals surface area contributed by atoms with Crippen molar-refractivity contribution in [2.24, 2.45) is 0 Å². The molecule has 1 atom stereocenters. The van der Waals surface area contributed by atoms with E-state index in [0.717, 1.165) is 6.42 Å². The number of aromatic nitrogens is 1. The highest BCUT2D eigenvalue weighted by Crippen LogP contribution is 2.42. The molecule has 1 aliphatic carbocycles. The summed E-state index contributed by atoms with van der Waals surface area (Å²) in [6.45, 7) is 0. The fourth-order valence-corrected chi connectivity index (χ4v) is 3.88. The maximum Gasteiger partial charge on any atom is 0.122 e. The molecule has 0 radical (unpaired) electrons. The lowest BCUT2D eigenvalue weighted by atomic mass is 10.0. The number of halogens is 1. The SMILES string of the molecule is BrC1(n2ccc(-c3ccccc3)c2-c2ccccc2)C=CC=CC1. The summed E-state index contributed by atoms with van der Waals surface area (Å²) in [4.78, 5) is 0.